The van der Waals surface area contributed by atoms with Gasteiger partial charge in [0.05, 0.1) is 25.6 Å². The lowest BCUT2D eigenvalue weighted by atomic mass is 10.1. The van der Waals surface area contributed by atoms with Gasteiger partial charge in [-0.15, -0.1) is 47.3 Å². The molecule has 0 aliphatic carbocycles. The van der Waals surface area contributed by atoms with E-state index in [-0.39, 0.29) is 26.5 Å². The minimum atomic E-state index is -0.218. The van der Waals surface area contributed by atoms with Crippen LogP contribution in [0, 0.1) is 13.8 Å². The number of nitrogens with zero attached hydrogens (tertiary/aromatic N) is 8. The fourth-order valence-electron chi connectivity index (χ4n) is 9.21. The molecule has 2 aromatic heterocycles. The Kier molecular flexibility index (Phi) is 22.7. The summed E-state index contributed by atoms with van der Waals surface area (Å²) in [7, 11) is 7.52. The molecule has 2 fully saturated rings. The molecule has 2 amide bonds. The summed E-state index contributed by atoms with van der Waals surface area (Å²) in [6.45, 7) is 14.3. The molecule has 0 radical (unpaired) electrons. The summed E-state index contributed by atoms with van der Waals surface area (Å²) in [6, 6.07) is 40.7. The van der Waals surface area contributed by atoms with Gasteiger partial charge in [-0.3, -0.25) is 19.4 Å². The minimum Gasteiger partial charge on any atom is -0.504 e. The molecule has 22 heteroatoms. The van der Waals surface area contributed by atoms with Gasteiger partial charge < -0.3 is 50.8 Å². The highest BCUT2D eigenvalue weighted by atomic mass is 79.9. The van der Waals surface area contributed by atoms with E-state index in [2.05, 4.69) is 117 Å². The van der Waals surface area contributed by atoms with Crippen LogP contribution in [0.2, 0.25) is 0 Å². The van der Waals surface area contributed by atoms with Crippen LogP contribution in [0.1, 0.15) is 43.0 Å². The Balaban J connectivity index is 0.000000206. The zero-order valence-corrected chi connectivity index (χ0v) is 52.5. The molecule has 0 saturated carbocycles. The first-order valence-corrected chi connectivity index (χ1v) is 29.9. The largest absolute Gasteiger partial charge is 0.504 e. The average Bonchev–Trinajstić information content (AvgIpc) is 3.53. The van der Waals surface area contributed by atoms with Crippen LogP contribution in [0.4, 0.5) is 34.6 Å². The normalized spacial score (nSPS) is 13.7. The summed E-state index contributed by atoms with van der Waals surface area (Å²) in [5.74, 6) is 1.34. The number of nitrogens with one attached hydrogen (secondary N) is 4. The van der Waals surface area contributed by atoms with E-state index in [4.69, 9.17) is 14.5 Å². The third-order valence-electron chi connectivity index (χ3n) is 14.2. The highest BCUT2D eigenvalue weighted by molar-refractivity contribution is 9.69. The number of piperazine rings is 2. The summed E-state index contributed by atoms with van der Waals surface area (Å²) in [5, 5.41) is 31.9. The van der Waals surface area contributed by atoms with Crippen LogP contribution in [0.3, 0.4) is 0 Å². The number of hydrogen-bond donors (Lipinski definition) is 6. The predicted octanol–water partition coefficient (Wildman–Crippen LogP) is 12.0. The zero-order chi connectivity index (χ0) is 59.7. The molecule has 0 atom stereocenters. The number of methoxy groups -OCH3 is 2. The molecule has 10 rings (SSSR count). The lowest BCUT2D eigenvalue weighted by Crippen LogP contribution is -2.43. The number of amides is 2. The molecule has 2 aliphatic heterocycles. The number of phenolic OH excluding ortho intramolecular Hbond substituents is 2. The quantitative estimate of drug-likeness (QED) is 0.0393. The summed E-state index contributed by atoms with van der Waals surface area (Å²) in [5.41, 5.74) is 11.3. The third-order valence-corrected chi connectivity index (χ3v) is 14.2. The molecule has 436 valence electrons. The molecule has 6 N–H and O–H groups in total. The number of aromatic hydroxyl groups is 2. The van der Waals surface area contributed by atoms with Crippen molar-refractivity contribution in [1.29, 1.82) is 0 Å². The van der Waals surface area contributed by atoms with Gasteiger partial charge in [0.1, 0.15) is 0 Å². The van der Waals surface area contributed by atoms with Crippen LogP contribution in [0.15, 0.2) is 146 Å². The maximum Gasteiger partial charge on any atom is 0.369 e. The number of likely N-dealkylation sites (N-methyl/N-ethyl adjacent to an activating group) is 2. The molecule has 4 heterocycles. The molecule has 6 aromatic carbocycles. The smallest absolute Gasteiger partial charge is 0.369 e. The summed E-state index contributed by atoms with van der Waals surface area (Å²) >= 11 is 9.31. The van der Waals surface area contributed by atoms with E-state index in [1.807, 2.05) is 123 Å². The van der Waals surface area contributed by atoms with Crippen LogP contribution in [-0.2, 0) is 13.1 Å². The summed E-state index contributed by atoms with van der Waals surface area (Å²) < 4.78 is 11.0. The molecular formula is C62H68BBr3N12O6. The zero-order valence-electron chi connectivity index (χ0n) is 47.7. The Hall–Kier alpha value is -7.44. The Morgan fingerprint density at radius 2 is 0.940 bits per heavy atom. The molecule has 84 heavy (non-hydrogen) atoms. The lowest BCUT2D eigenvalue weighted by Gasteiger charge is -2.32. The third kappa shape index (κ3) is 18.3. The van der Waals surface area contributed by atoms with Crippen LogP contribution in [0.25, 0.3) is 22.5 Å². The number of rotatable bonds is 16. The fourth-order valence-corrected chi connectivity index (χ4v) is 9.21. The van der Waals surface area contributed by atoms with E-state index in [1.54, 1.807) is 38.7 Å². The van der Waals surface area contributed by atoms with E-state index in [1.165, 1.54) is 23.3 Å². The van der Waals surface area contributed by atoms with E-state index in [0.29, 0.717) is 57.2 Å². The van der Waals surface area contributed by atoms with Crippen molar-refractivity contribution in [2.24, 2.45) is 0 Å². The highest BCUT2D eigenvalue weighted by Gasteiger charge is 2.18. The molecule has 0 spiro atoms. The second kappa shape index (κ2) is 30.4. The van der Waals surface area contributed by atoms with Gasteiger partial charge in [0.2, 0.25) is 11.9 Å². The van der Waals surface area contributed by atoms with Crippen LogP contribution < -0.4 is 30.7 Å². The predicted molar refractivity (Wildman–Crippen MR) is 347 cm³/mol. The molecule has 0 unspecified atom stereocenters. The SMILES string of the molecule is BrB(Br)Br.COc1ccc(-c2ccnc(Nc3cc(NC(=O)c4ccc(CN5CCN(C)CC5)cc4)ccc3C)n2)cc1OC.Cc1ccc(NC(=O)c2ccc(CN3CCN(C)CC3)cc2)cc1Nc1nccc(-c2ccc(O)c(O)c2)n1. The number of halogens is 3. The highest BCUT2D eigenvalue weighted by Crippen LogP contribution is 2.34. The van der Waals surface area contributed by atoms with Crippen LogP contribution in [0.5, 0.6) is 23.0 Å². The van der Waals surface area contributed by atoms with Crippen molar-refractivity contribution < 1.29 is 29.3 Å². The number of aryl methyl sites for hydroxylation is 2. The van der Waals surface area contributed by atoms with Crippen molar-refractivity contribution in [3.8, 4) is 45.5 Å². The number of phenols is 2. The van der Waals surface area contributed by atoms with E-state index in [0.717, 1.165) is 99.2 Å². The van der Waals surface area contributed by atoms with Crippen molar-refractivity contribution in [3.05, 3.63) is 179 Å². The Bertz CT molecular complexity index is 3500. The van der Waals surface area contributed by atoms with Crippen molar-refractivity contribution in [2.45, 2.75) is 26.9 Å². The maximum absolute atomic E-state index is 13.0. The Labute approximate surface area is 516 Å². The van der Waals surface area contributed by atoms with Gasteiger partial charge in [-0.1, -0.05) is 36.4 Å². The first-order chi connectivity index (χ1) is 40.5. The summed E-state index contributed by atoms with van der Waals surface area (Å²) in [4.78, 5) is 53.5. The van der Waals surface area contributed by atoms with Crippen molar-refractivity contribution >= 4 is 96.9 Å². The second-order valence-electron chi connectivity index (χ2n) is 20.3. The molecule has 8 aromatic rings. The fraction of sp³-hybridized carbons (Fsp3) is 0.258. The lowest BCUT2D eigenvalue weighted by molar-refractivity contribution is 0.101. The number of ether oxygens (including phenoxy) is 2. The van der Waals surface area contributed by atoms with E-state index >= 15 is 0 Å². The Morgan fingerprint density at radius 3 is 1.36 bits per heavy atom. The van der Waals surface area contributed by atoms with Gasteiger partial charge in [-0.05, 0) is 147 Å². The standard InChI is InChI=1S/C32H36N6O3.C30H32N6O3.BBr3/c1-22-5-11-26(34-31(39)24-8-6-23(7-9-24)21-38-17-15-37(2)16-18-38)20-28(22)36-32-33-14-13-27(35-32)25-10-12-29(40-3)30(19-25)41-4;1-20-3-9-24(32-29(39)22-6-4-21(5-7-22)19-36-15-13-35(2)14-16-36)18-26(20)34-30-31-12-11-25(33-30)23-8-10-27(37)28(38)17-23;2-1(3)4/h5-14,19-20H,15-18,21H2,1-4H3,(H,34,39)(H,33,35,36);3-12,17-18,37-38H,13-16,19H2,1-2H3,(H,32,39)(H,31,33,34);. The van der Waals surface area contributed by atoms with Crippen molar-refractivity contribution in [2.75, 3.05) is 102 Å². The van der Waals surface area contributed by atoms with Gasteiger partial charge in [0, 0.05) is 123 Å². The maximum atomic E-state index is 13.0. The number of aromatic nitrogens is 4. The number of anilines is 6. The first kappa shape index (κ1) is 62.6. The monoisotopic (exact) mass is 1320 g/mol. The Morgan fingerprint density at radius 1 is 0.524 bits per heavy atom. The molecule has 2 aliphatic rings. The molecule has 18 nitrogen and oxygen atoms in total. The van der Waals surface area contributed by atoms with Gasteiger partial charge in [0.25, 0.3) is 11.8 Å². The van der Waals surface area contributed by atoms with Crippen molar-refractivity contribution in [1.82, 2.24) is 39.5 Å². The van der Waals surface area contributed by atoms with Crippen LogP contribution in [-0.4, -0.2) is 145 Å². The van der Waals surface area contributed by atoms with Gasteiger partial charge in [-0.2, -0.15) is 0 Å². The van der Waals surface area contributed by atoms with Gasteiger partial charge >= 0.3 is 3.18 Å². The number of carbonyl (C=O) groups is 2. The van der Waals surface area contributed by atoms with E-state index < -0.39 is 0 Å². The number of hydrogen-bond acceptors (Lipinski definition) is 16. The van der Waals surface area contributed by atoms with Gasteiger partial charge in [-0.25, -0.2) is 19.9 Å². The summed E-state index contributed by atoms with van der Waals surface area (Å²) in [6.07, 6.45) is 3.32. The number of benzene rings is 6. The minimum absolute atomic E-state index is 0.155. The topological polar surface area (TPSA) is 206 Å². The van der Waals surface area contributed by atoms with Crippen LogP contribution >= 0.6 is 47.3 Å². The molecular weight excluding hydrogens is 1260 g/mol. The molecule has 0 bridgehead atoms. The van der Waals surface area contributed by atoms with Crippen molar-refractivity contribution in [3.63, 3.8) is 0 Å². The second-order valence-corrected chi connectivity index (χ2v) is 26.8. The van der Waals surface area contributed by atoms with E-state index in [9.17, 15) is 19.8 Å². The average molecular weight is 1330 g/mol. The number of carbonyl (C=O) groups excluding carboxylic acids is 2. The first-order valence-electron chi connectivity index (χ1n) is 27.2. The van der Waals surface area contributed by atoms with Gasteiger partial charge in [0.15, 0.2) is 23.0 Å². The molecule has 2 saturated heterocycles.